The number of aliphatic carboxylic acids is 1. The highest BCUT2D eigenvalue weighted by molar-refractivity contribution is 5.73. The van der Waals surface area contributed by atoms with Crippen molar-refractivity contribution >= 4 is 5.97 Å². The Hall–Kier alpha value is -1.62. The molecular weight excluding hydrogens is 256 g/mol. The molecule has 1 unspecified atom stereocenters. The van der Waals surface area contributed by atoms with Crippen LogP contribution in [0.3, 0.4) is 0 Å². The quantitative estimate of drug-likeness (QED) is 0.802. The molecule has 1 atom stereocenters. The smallest absolute Gasteiger partial charge is 0.320 e. The first-order valence-electron chi connectivity index (χ1n) is 6.82. The number of carboxylic acids is 1. The molecule has 0 spiro atoms. The monoisotopic (exact) mass is 280 g/mol. The molecule has 5 heteroatoms. The average molecular weight is 280 g/mol. The number of hydrogen-bond donors (Lipinski definition) is 2. The van der Waals surface area contributed by atoms with Crippen molar-refractivity contribution in [3.63, 3.8) is 0 Å². The Kier molecular flexibility index (Phi) is 5.95. The SMILES string of the molecule is COc1c(C)cnc(CNC(CC(C)C)C(=O)O)c1C. The average Bonchev–Trinajstić information content (AvgIpc) is 2.36. The van der Waals surface area contributed by atoms with Crippen LogP contribution in [0, 0.1) is 19.8 Å². The first-order valence-corrected chi connectivity index (χ1v) is 6.82. The molecular formula is C15H24N2O3. The molecule has 0 fully saturated rings. The van der Waals surface area contributed by atoms with Crippen molar-refractivity contribution in [1.29, 1.82) is 0 Å². The Bertz CT molecular complexity index is 472. The Morgan fingerprint density at radius 2 is 2.10 bits per heavy atom. The van der Waals surface area contributed by atoms with Crippen molar-refractivity contribution in [2.45, 2.75) is 46.7 Å². The van der Waals surface area contributed by atoms with Crippen LogP contribution in [0.1, 0.15) is 37.1 Å². The summed E-state index contributed by atoms with van der Waals surface area (Å²) in [4.78, 5) is 15.6. The summed E-state index contributed by atoms with van der Waals surface area (Å²) in [7, 11) is 1.63. The zero-order valence-corrected chi connectivity index (χ0v) is 12.9. The number of pyridine rings is 1. The molecule has 1 aromatic heterocycles. The number of aryl methyl sites for hydroxylation is 1. The van der Waals surface area contributed by atoms with Crippen molar-refractivity contribution in [1.82, 2.24) is 10.3 Å². The van der Waals surface area contributed by atoms with Crippen molar-refractivity contribution in [2.24, 2.45) is 5.92 Å². The molecule has 112 valence electrons. The van der Waals surface area contributed by atoms with E-state index in [-0.39, 0.29) is 0 Å². The van der Waals surface area contributed by atoms with E-state index in [9.17, 15) is 9.90 Å². The number of carbonyl (C=O) groups is 1. The second-order valence-corrected chi connectivity index (χ2v) is 5.45. The maximum atomic E-state index is 11.2. The molecule has 0 aliphatic carbocycles. The van der Waals surface area contributed by atoms with Gasteiger partial charge in [-0.2, -0.15) is 0 Å². The van der Waals surface area contributed by atoms with Crippen LogP contribution in [0.25, 0.3) is 0 Å². The Balaban J connectivity index is 2.80. The van der Waals surface area contributed by atoms with Gasteiger partial charge in [0, 0.05) is 23.9 Å². The first-order chi connectivity index (χ1) is 9.36. The molecule has 2 N–H and O–H groups in total. The third-order valence-electron chi connectivity index (χ3n) is 3.27. The summed E-state index contributed by atoms with van der Waals surface area (Å²) in [5.74, 6) is 0.313. The van der Waals surface area contributed by atoms with E-state index in [0.29, 0.717) is 18.9 Å². The van der Waals surface area contributed by atoms with E-state index >= 15 is 0 Å². The van der Waals surface area contributed by atoms with Crippen molar-refractivity contribution < 1.29 is 14.6 Å². The Morgan fingerprint density at radius 1 is 1.45 bits per heavy atom. The van der Waals surface area contributed by atoms with Gasteiger partial charge in [-0.3, -0.25) is 15.1 Å². The third-order valence-corrected chi connectivity index (χ3v) is 3.27. The molecule has 0 aliphatic heterocycles. The van der Waals surface area contributed by atoms with Crippen LogP contribution < -0.4 is 10.1 Å². The zero-order chi connectivity index (χ0) is 15.3. The van der Waals surface area contributed by atoms with E-state index in [1.807, 2.05) is 27.7 Å². The van der Waals surface area contributed by atoms with E-state index in [2.05, 4.69) is 10.3 Å². The van der Waals surface area contributed by atoms with Gasteiger partial charge in [-0.15, -0.1) is 0 Å². The summed E-state index contributed by atoms with van der Waals surface area (Å²) >= 11 is 0. The Morgan fingerprint density at radius 3 is 2.60 bits per heavy atom. The lowest BCUT2D eigenvalue weighted by Gasteiger charge is -2.18. The lowest BCUT2D eigenvalue weighted by atomic mass is 10.0. The van der Waals surface area contributed by atoms with E-state index in [4.69, 9.17) is 4.74 Å². The van der Waals surface area contributed by atoms with E-state index < -0.39 is 12.0 Å². The molecule has 1 aromatic rings. The fourth-order valence-corrected chi connectivity index (χ4v) is 2.21. The highest BCUT2D eigenvalue weighted by Gasteiger charge is 2.19. The first kappa shape index (κ1) is 16.4. The van der Waals surface area contributed by atoms with Crippen molar-refractivity contribution in [3.8, 4) is 5.75 Å². The standard InChI is InChI=1S/C15H24N2O3/c1-9(2)6-12(15(18)19)17-8-13-11(4)14(20-5)10(3)7-16-13/h7,9,12,17H,6,8H2,1-5H3,(H,18,19). The molecule has 0 saturated carbocycles. The number of carboxylic acid groups (broad SMARTS) is 1. The van der Waals surface area contributed by atoms with Gasteiger partial charge in [0.15, 0.2) is 0 Å². The molecule has 1 rings (SSSR count). The summed E-state index contributed by atoms with van der Waals surface area (Å²) in [6.45, 7) is 8.32. The molecule has 0 saturated heterocycles. The molecule has 1 heterocycles. The largest absolute Gasteiger partial charge is 0.496 e. The number of methoxy groups -OCH3 is 1. The number of nitrogens with one attached hydrogen (secondary N) is 1. The van der Waals surface area contributed by atoms with Gasteiger partial charge in [-0.1, -0.05) is 13.8 Å². The van der Waals surface area contributed by atoms with Crippen molar-refractivity contribution in [2.75, 3.05) is 7.11 Å². The minimum atomic E-state index is -0.824. The topological polar surface area (TPSA) is 71.5 Å². The van der Waals surface area contributed by atoms with Crippen LogP contribution in [-0.2, 0) is 11.3 Å². The summed E-state index contributed by atoms with van der Waals surface area (Å²) in [5, 5.41) is 12.3. The van der Waals surface area contributed by atoms with Crippen LogP contribution >= 0.6 is 0 Å². The Labute approximate surface area is 120 Å². The van der Waals surface area contributed by atoms with Gasteiger partial charge in [0.1, 0.15) is 11.8 Å². The molecule has 0 aromatic carbocycles. The second-order valence-electron chi connectivity index (χ2n) is 5.45. The van der Waals surface area contributed by atoms with Crippen LogP contribution in [0.4, 0.5) is 0 Å². The summed E-state index contributed by atoms with van der Waals surface area (Å²) in [6, 6.07) is -0.552. The fraction of sp³-hybridized carbons (Fsp3) is 0.600. The summed E-state index contributed by atoms with van der Waals surface area (Å²) in [6.07, 6.45) is 2.35. The van der Waals surface area contributed by atoms with Gasteiger partial charge >= 0.3 is 5.97 Å². The van der Waals surface area contributed by atoms with Gasteiger partial charge in [0.05, 0.1) is 12.8 Å². The number of hydrogen-bond acceptors (Lipinski definition) is 4. The predicted octanol–water partition coefficient (Wildman–Crippen LogP) is 2.30. The molecule has 0 aliphatic rings. The van der Waals surface area contributed by atoms with Gasteiger partial charge in [-0.25, -0.2) is 0 Å². The zero-order valence-electron chi connectivity index (χ0n) is 12.9. The van der Waals surface area contributed by atoms with Gasteiger partial charge < -0.3 is 9.84 Å². The molecule has 20 heavy (non-hydrogen) atoms. The second kappa shape index (κ2) is 7.24. The van der Waals surface area contributed by atoms with Crippen LogP contribution in [0.5, 0.6) is 5.75 Å². The molecule has 0 radical (unpaired) electrons. The fourth-order valence-electron chi connectivity index (χ4n) is 2.21. The third kappa shape index (κ3) is 4.20. The van der Waals surface area contributed by atoms with Crippen LogP contribution in [0.15, 0.2) is 6.20 Å². The van der Waals surface area contributed by atoms with Crippen LogP contribution in [0.2, 0.25) is 0 Å². The van der Waals surface area contributed by atoms with E-state index in [1.54, 1.807) is 13.3 Å². The highest BCUT2D eigenvalue weighted by atomic mass is 16.5. The van der Waals surface area contributed by atoms with Gasteiger partial charge in [0.2, 0.25) is 0 Å². The maximum absolute atomic E-state index is 11.2. The lowest BCUT2D eigenvalue weighted by molar-refractivity contribution is -0.140. The van der Waals surface area contributed by atoms with Gasteiger partial charge in [-0.05, 0) is 26.2 Å². The predicted molar refractivity (Wildman–Crippen MR) is 78.0 cm³/mol. The number of aromatic nitrogens is 1. The lowest BCUT2D eigenvalue weighted by Crippen LogP contribution is -2.37. The van der Waals surface area contributed by atoms with Crippen molar-refractivity contribution in [3.05, 3.63) is 23.0 Å². The number of rotatable bonds is 7. The van der Waals surface area contributed by atoms with Crippen LogP contribution in [-0.4, -0.2) is 29.2 Å². The van der Waals surface area contributed by atoms with E-state index in [1.165, 1.54) is 0 Å². The van der Waals surface area contributed by atoms with Gasteiger partial charge in [0.25, 0.3) is 0 Å². The molecule has 5 nitrogen and oxygen atoms in total. The number of nitrogens with zero attached hydrogens (tertiary/aromatic N) is 1. The maximum Gasteiger partial charge on any atom is 0.320 e. The number of ether oxygens (including phenoxy) is 1. The minimum absolute atomic E-state index is 0.324. The summed E-state index contributed by atoms with van der Waals surface area (Å²) < 4.78 is 5.35. The highest BCUT2D eigenvalue weighted by Crippen LogP contribution is 2.23. The minimum Gasteiger partial charge on any atom is -0.496 e. The normalized spacial score (nSPS) is 12.5. The molecule has 0 bridgehead atoms. The summed E-state index contributed by atoms with van der Waals surface area (Å²) in [5.41, 5.74) is 2.75. The van der Waals surface area contributed by atoms with E-state index in [0.717, 1.165) is 22.6 Å². The molecule has 0 amide bonds.